The third-order valence-electron chi connectivity index (χ3n) is 10.4. The molecule has 2 aromatic carbocycles. The first-order valence-electron chi connectivity index (χ1n) is 18.8. The van der Waals surface area contributed by atoms with Gasteiger partial charge in [-0.3, -0.25) is 14.8 Å². The second-order valence-corrected chi connectivity index (χ2v) is 14.3. The Bertz CT molecular complexity index is 2390. The molecule has 13 nitrogen and oxygen atoms in total. The maximum Gasteiger partial charge on any atom is 1.00 e. The third-order valence-corrected chi connectivity index (χ3v) is 10.4. The number of carbonyl (C=O) groups is 2. The average molecular weight is 853 g/mol. The Morgan fingerprint density at radius 1 is 0.698 bits per heavy atom. The minimum Gasteiger partial charge on any atom is -0.545 e. The minimum atomic E-state index is -1.29. The number of halogens is 2. The topological polar surface area (TPSA) is 198 Å². The molecule has 0 radical (unpaired) electrons. The predicted octanol–water partition coefficient (Wildman–Crippen LogP) is 5.14. The van der Waals surface area contributed by atoms with E-state index in [1.165, 1.54) is 67.8 Å². The number of aromatic carboxylic acids is 1. The van der Waals surface area contributed by atoms with Crippen molar-refractivity contribution in [2.24, 2.45) is 10.8 Å². The number of rotatable bonds is 8. The molecule has 0 spiro atoms. The van der Waals surface area contributed by atoms with Crippen molar-refractivity contribution in [2.75, 3.05) is 26.2 Å². The molecular weight excluding hydrogens is 802 g/mol. The number of amides is 1. The van der Waals surface area contributed by atoms with Crippen molar-refractivity contribution in [2.45, 2.75) is 60.8 Å². The monoisotopic (exact) mass is 852 g/mol. The third kappa shape index (κ3) is 13.7. The zero-order valence-corrected chi connectivity index (χ0v) is 32.9. The summed E-state index contributed by atoms with van der Waals surface area (Å²) in [7, 11) is 0. The molecule has 0 bridgehead atoms. The molecule has 0 aliphatic carbocycles. The van der Waals surface area contributed by atoms with Gasteiger partial charge in [-0.25, -0.2) is 18.7 Å². The van der Waals surface area contributed by atoms with Crippen LogP contribution in [0, 0.1) is 45.1 Å². The van der Waals surface area contributed by atoms with Crippen molar-refractivity contribution in [3.05, 3.63) is 144 Å². The molecule has 1 amide bonds. The number of carboxylic acid groups (broad SMARTS) is 1. The SMILES string of the molecule is C.C.C.N#CC1(Cc2ccc(F)cc2)CCN(C(=O)c2cccnc2-c2cnco2)CC1.N#CC1(Cc2ccc(F)cc2)CCNCC1.O=C([O-])c1cccnc1-c1cnco1.[Li+]. The maximum absolute atomic E-state index is 13.2. The summed E-state index contributed by atoms with van der Waals surface area (Å²) in [6, 6.07) is 24.0. The Hall–Kier alpha value is -6.50. The summed E-state index contributed by atoms with van der Waals surface area (Å²) in [6.45, 7) is 2.74. The van der Waals surface area contributed by atoms with Crippen molar-refractivity contribution in [3.63, 3.8) is 0 Å². The number of aromatic nitrogens is 4. The van der Waals surface area contributed by atoms with Crippen LogP contribution >= 0.6 is 0 Å². The van der Waals surface area contributed by atoms with E-state index >= 15 is 0 Å². The van der Waals surface area contributed by atoms with Crippen LogP contribution in [0.2, 0.25) is 0 Å². The number of nitrogens with one attached hydrogen (secondary N) is 1. The first kappa shape index (κ1) is 52.6. The van der Waals surface area contributed by atoms with Gasteiger partial charge in [0.05, 0.1) is 46.9 Å². The normalized spacial score (nSPS) is 14.3. The minimum absolute atomic E-state index is 0. The summed E-state index contributed by atoms with van der Waals surface area (Å²) in [6.07, 6.45) is 12.7. The molecule has 4 aromatic heterocycles. The van der Waals surface area contributed by atoms with Crippen LogP contribution in [0.5, 0.6) is 0 Å². The molecule has 63 heavy (non-hydrogen) atoms. The molecule has 2 aliphatic rings. The number of likely N-dealkylation sites (tertiary alicyclic amines) is 1. The summed E-state index contributed by atoms with van der Waals surface area (Å²) in [4.78, 5) is 41.3. The van der Waals surface area contributed by atoms with Crippen LogP contribution in [-0.2, 0) is 12.8 Å². The van der Waals surface area contributed by atoms with E-state index in [1.54, 1.807) is 47.5 Å². The Kier molecular flexibility index (Phi) is 20.7. The van der Waals surface area contributed by atoms with E-state index in [0.29, 0.717) is 55.1 Å². The molecule has 8 rings (SSSR count). The predicted molar refractivity (Wildman–Crippen MR) is 228 cm³/mol. The first-order valence-corrected chi connectivity index (χ1v) is 18.8. The molecule has 2 saturated heterocycles. The molecule has 6 heterocycles. The summed E-state index contributed by atoms with van der Waals surface area (Å²) < 4.78 is 36.2. The van der Waals surface area contributed by atoms with Crippen molar-refractivity contribution in [1.82, 2.24) is 30.2 Å². The van der Waals surface area contributed by atoms with Crippen LogP contribution in [0.1, 0.15) is 79.8 Å². The van der Waals surface area contributed by atoms with Crippen LogP contribution in [-0.4, -0.2) is 62.9 Å². The second-order valence-electron chi connectivity index (χ2n) is 14.3. The Labute approximate surface area is 379 Å². The fourth-order valence-electron chi connectivity index (χ4n) is 7.06. The summed E-state index contributed by atoms with van der Waals surface area (Å²) >= 11 is 0. The number of hydrogen-bond acceptors (Lipinski definition) is 12. The van der Waals surface area contributed by atoms with Gasteiger partial charge in [0, 0.05) is 31.0 Å². The molecule has 0 unspecified atom stereocenters. The molecular formula is C47H51F2LiN8O5. The van der Waals surface area contributed by atoms with Gasteiger partial charge in [0.1, 0.15) is 23.0 Å². The number of benzene rings is 2. The van der Waals surface area contributed by atoms with E-state index in [4.69, 9.17) is 8.83 Å². The number of carboxylic acids is 1. The fourth-order valence-corrected chi connectivity index (χ4v) is 7.06. The van der Waals surface area contributed by atoms with Crippen LogP contribution in [0.25, 0.3) is 22.9 Å². The number of oxazole rings is 2. The fraction of sp³-hybridized carbons (Fsp3) is 0.319. The quantitative estimate of drug-likeness (QED) is 0.198. The standard InChI is InChI=1S/C22H19FN4O2.C13H15FN2.C9H6N2O3.3CH4.Li/c23-17-5-3-16(4-6-17)12-22(14-24)7-10-27(11-8-22)21(28)18-2-1-9-26-20(18)19-13-25-15-29-19;14-12-3-1-11(2-4-12)9-13(10-15)5-7-16-8-6-13;12-9(13)6-2-1-3-11-8(6)7-4-10-5-14-7;;;;/h1-6,9,13,15H,7-8,10-12H2;1-4,16H,5-9H2;1-5H,(H,12,13);3*1H4;/q;;;;;;+1/p-1. The van der Waals surface area contributed by atoms with Crippen LogP contribution in [0.4, 0.5) is 8.78 Å². The maximum atomic E-state index is 13.2. The second kappa shape index (κ2) is 24.8. The molecule has 1 N–H and O–H groups in total. The van der Waals surface area contributed by atoms with Crippen molar-refractivity contribution >= 4 is 11.9 Å². The van der Waals surface area contributed by atoms with E-state index in [0.717, 1.165) is 43.5 Å². The van der Waals surface area contributed by atoms with Gasteiger partial charge in [0.2, 0.25) is 0 Å². The summed E-state index contributed by atoms with van der Waals surface area (Å²) in [5.41, 5.74) is 2.28. The largest absolute Gasteiger partial charge is 1.00 e. The van der Waals surface area contributed by atoms with Crippen LogP contribution in [0.3, 0.4) is 0 Å². The molecule has 0 atom stereocenters. The van der Waals surface area contributed by atoms with Gasteiger partial charge in [-0.15, -0.1) is 0 Å². The van der Waals surface area contributed by atoms with Gasteiger partial charge < -0.3 is 29.0 Å². The number of pyridine rings is 2. The van der Waals surface area contributed by atoms with E-state index < -0.39 is 11.4 Å². The van der Waals surface area contributed by atoms with Gasteiger partial charge >= 0.3 is 18.9 Å². The van der Waals surface area contributed by atoms with Gasteiger partial charge in [-0.05, 0) is 111 Å². The van der Waals surface area contributed by atoms with Crippen molar-refractivity contribution < 1.29 is 51.2 Å². The van der Waals surface area contributed by atoms with Crippen LogP contribution in [0.15, 0.2) is 119 Å². The number of hydrogen-bond donors (Lipinski definition) is 1. The van der Waals surface area contributed by atoms with Gasteiger partial charge in [-0.1, -0.05) is 46.5 Å². The zero-order valence-electron chi connectivity index (χ0n) is 32.9. The summed E-state index contributed by atoms with van der Waals surface area (Å²) in [5, 5.41) is 33.1. The molecule has 2 aliphatic heterocycles. The Balaban J connectivity index is 0.000000343. The number of nitriles is 2. The molecule has 324 valence electrons. The molecule has 16 heteroatoms. The summed E-state index contributed by atoms with van der Waals surface area (Å²) in [5.74, 6) is -1.19. The number of piperidine rings is 2. The molecule has 2 fully saturated rings. The van der Waals surface area contributed by atoms with Crippen molar-refractivity contribution in [3.8, 4) is 35.0 Å². The Morgan fingerprint density at radius 3 is 1.54 bits per heavy atom. The zero-order chi connectivity index (χ0) is 41.7. The van der Waals surface area contributed by atoms with E-state index in [1.807, 2.05) is 0 Å². The Morgan fingerprint density at radius 2 is 1.13 bits per heavy atom. The van der Waals surface area contributed by atoms with Crippen LogP contribution < -0.4 is 29.3 Å². The van der Waals surface area contributed by atoms with Gasteiger partial charge in [0.15, 0.2) is 24.3 Å². The van der Waals surface area contributed by atoms with E-state index in [-0.39, 0.29) is 75.4 Å². The van der Waals surface area contributed by atoms with Gasteiger partial charge in [0.25, 0.3) is 5.91 Å². The van der Waals surface area contributed by atoms with E-state index in [9.17, 15) is 34.0 Å². The first-order chi connectivity index (χ1) is 28.6. The number of carbonyl (C=O) groups excluding carboxylic acids is 2. The smallest absolute Gasteiger partial charge is 0.545 e. The van der Waals surface area contributed by atoms with Crippen molar-refractivity contribution in [1.29, 1.82) is 10.5 Å². The number of nitrogens with zero attached hydrogens (tertiary/aromatic N) is 7. The molecule has 6 aromatic rings. The average Bonchev–Trinajstić information content (AvgIpc) is 4.03. The molecule has 0 saturated carbocycles. The van der Waals surface area contributed by atoms with Gasteiger partial charge in [-0.2, -0.15) is 10.5 Å². The van der Waals surface area contributed by atoms with E-state index in [2.05, 4.69) is 37.4 Å².